The molecular formula is C18H24F3N. The Kier molecular flexibility index (Phi) is 5.54. The normalized spacial score (nSPS) is 20.4. The minimum absolute atomic E-state index is 0.543. The third-order valence-corrected chi connectivity index (χ3v) is 4.60. The lowest BCUT2D eigenvalue weighted by Crippen LogP contribution is -2.17. The third-order valence-electron chi connectivity index (χ3n) is 4.60. The third kappa shape index (κ3) is 4.79. The predicted molar refractivity (Wildman–Crippen MR) is 84.8 cm³/mol. The second-order valence-electron chi connectivity index (χ2n) is 6.36. The first-order valence-corrected chi connectivity index (χ1v) is 7.93. The van der Waals surface area contributed by atoms with Crippen LogP contribution in [-0.4, -0.2) is 6.54 Å². The zero-order valence-electron chi connectivity index (χ0n) is 13.2. The molecule has 2 rings (SSSR count). The minimum Gasteiger partial charge on any atom is -0.385 e. The molecule has 122 valence electrons. The van der Waals surface area contributed by atoms with Crippen LogP contribution in [0.1, 0.15) is 45.1 Å². The molecule has 4 heteroatoms. The Labute approximate surface area is 130 Å². The molecule has 1 aliphatic rings. The summed E-state index contributed by atoms with van der Waals surface area (Å²) >= 11 is 0. The number of alkyl halides is 3. The van der Waals surface area contributed by atoms with Gasteiger partial charge in [-0.1, -0.05) is 24.6 Å². The second-order valence-corrected chi connectivity index (χ2v) is 6.36. The van der Waals surface area contributed by atoms with Crippen molar-refractivity contribution in [1.29, 1.82) is 0 Å². The van der Waals surface area contributed by atoms with Crippen molar-refractivity contribution in [3.8, 4) is 0 Å². The van der Waals surface area contributed by atoms with Crippen LogP contribution in [0.15, 0.2) is 35.9 Å². The standard InChI is InChI=1S/C18H24F3N/c1-13-6-8-15(9-7-13)14(2)10-11-22-17-5-3-4-16(12-17)18(19,20)21/h3-6,12,14-15,22H,7-11H2,1-2H3/t14?,15-/m0/s1. The van der Waals surface area contributed by atoms with E-state index < -0.39 is 11.7 Å². The Morgan fingerprint density at radius 3 is 2.73 bits per heavy atom. The van der Waals surface area contributed by atoms with Crippen molar-refractivity contribution in [2.24, 2.45) is 11.8 Å². The molecule has 0 saturated heterocycles. The molecule has 0 spiro atoms. The van der Waals surface area contributed by atoms with E-state index in [0.29, 0.717) is 24.1 Å². The number of halogens is 3. The van der Waals surface area contributed by atoms with Crippen molar-refractivity contribution < 1.29 is 13.2 Å². The van der Waals surface area contributed by atoms with Crippen molar-refractivity contribution in [3.63, 3.8) is 0 Å². The van der Waals surface area contributed by atoms with Crippen LogP contribution < -0.4 is 5.32 Å². The van der Waals surface area contributed by atoms with Crippen LogP contribution in [0.2, 0.25) is 0 Å². The molecule has 1 unspecified atom stereocenters. The Hall–Kier alpha value is -1.45. The van der Waals surface area contributed by atoms with Gasteiger partial charge in [0.15, 0.2) is 0 Å². The fourth-order valence-electron chi connectivity index (χ4n) is 2.99. The highest BCUT2D eigenvalue weighted by molar-refractivity contribution is 5.46. The number of anilines is 1. The lowest BCUT2D eigenvalue weighted by atomic mass is 9.80. The summed E-state index contributed by atoms with van der Waals surface area (Å²) in [7, 11) is 0. The summed E-state index contributed by atoms with van der Waals surface area (Å²) in [4.78, 5) is 0. The highest BCUT2D eigenvalue weighted by Crippen LogP contribution is 2.32. The molecule has 0 amide bonds. The fraction of sp³-hybridized carbons (Fsp3) is 0.556. The lowest BCUT2D eigenvalue weighted by molar-refractivity contribution is -0.137. The Bertz CT molecular complexity index is 519. The van der Waals surface area contributed by atoms with Crippen LogP contribution in [0.5, 0.6) is 0 Å². The van der Waals surface area contributed by atoms with Gasteiger partial charge >= 0.3 is 6.18 Å². The maximum atomic E-state index is 12.7. The van der Waals surface area contributed by atoms with Gasteiger partial charge in [0.25, 0.3) is 0 Å². The van der Waals surface area contributed by atoms with E-state index in [1.165, 1.54) is 30.5 Å². The maximum Gasteiger partial charge on any atom is 0.416 e. The summed E-state index contributed by atoms with van der Waals surface area (Å²) < 4.78 is 38.0. The number of hydrogen-bond acceptors (Lipinski definition) is 1. The molecule has 0 bridgehead atoms. The number of benzene rings is 1. The van der Waals surface area contributed by atoms with Crippen LogP contribution in [0, 0.1) is 11.8 Å². The minimum atomic E-state index is -4.28. The second kappa shape index (κ2) is 7.21. The van der Waals surface area contributed by atoms with E-state index in [1.807, 2.05) is 0 Å². The van der Waals surface area contributed by atoms with Crippen molar-refractivity contribution >= 4 is 5.69 Å². The quantitative estimate of drug-likeness (QED) is 0.669. The first-order valence-electron chi connectivity index (χ1n) is 7.93. The number of rotatable bonds is 5. The average molecular weight is 311 g/mol. The summed E-state index contributed by atoms with van der Waals surface area (Å²) in [5, 5.41) is 3.12. The molecule has 1 aliphatic carbocycles. The van der Waals surface area contributed by atoms with Crippen LogP contribution in [0.3, 0.4) is 0 Å². The molecule has 1 nitrogen and oxygen atoms in total. The smallest absolute Gasteiger partial charge is 0.385 e. The molecule has 0 radical (unpaired) electrons. The van der Waals surface area contributed by atoms with Crippen molar-refractivity contribution in [3.05, 3.63) is 41.5 Å². The number of hydrogen-bond donors (Lipinski definition) is 1. The Balaban J connectivity index is 1.81. The van der Waals surface area contributed by atoms with Crippen LogP contribution in [-0.2, 0) is 6.18 Å². The number of nitrogens with one attached hydrogen (secondary N) is 1. The topological polar surface area (TPSA) is 12.0 Å². The largest absolute Gasteiger partial charge is 0.416 e. The zero-order chi connectivity index (χ0) is 16.2. The van der Waals surface area contributed by atoms with E-state index >= 15 is 0 Å². The summed E-state index contributed by atoms with van der Waals surface area (Å²) in [5.41, 5.74) is 1.42. The van der Waals surface area contributed by atoms with Crippen LogP contribution in [0.4, 0.5) is 18.9 Å². The van der Waals surface area contributed by atoms with Gasteiger partial charge in [-0.15, -0.1) is 0 Å². The van der Waals surface area contributed by atoms with Gasteiger partial charge in [-0.2, -0.15) is 13.2 Å². The van der Waals surface area contributed by atoms with E-state index in [-0.39, 0.29) is 0 Å². The molecule has 1 N–H and O–H groups in total. The summed E-state index contributed by atoms with van der Waals surface area (Å²) in [5.74, 6) is 1.29. The lowest BCUT2D eigenvalue weighted by Gasteiger charge is -2.26. The monoisotopic (exact) mass is 311 g/mol. The molecule has 0 aliphatic heterocycles. The molecule has 2 atom stereocenters. The van der Waals surface area contributed by atoms with Gasteiger partial charge in [-0.25, -0.2) is 0 Å². The molecule has 0 aromatic heterocycles. The summed E-state index contributed by atoms with van der Waals surface area (Å²) in [6, 6.07) is 5.41. The summed E-state index contributed by atoms with van der Waals surface area (Å²) in [6.07, 6.45) is 2.57. The van der Waals surface area contributed by atoms with Gasteiger partial charge in [0.1, 0.15) is 0 Å². The van der Waals surface area contributed by atoms with Gasteiger partial charge in [0.2, 0.25) is 0 Å². The van der Waals surface area contributed by atoms with Crippen LogP contribution >= 0.6 is 0 Å². The van der Waals surface area contributed by atoms with Gasteiger partial charge in [-0.3, -0.25) is 0 Å². The Morgan fingerprint density at radius 2 is 2.09 bits per heavy atom. The molecule has 22 heavy (non-hydrogen) atoms. The molecule has 1 aromatic carbocycles. The van der Waals surface area contributed by atoms with E-state index in [4.69, 9.17) is 0 Å². The average Bonchev–Trinajstić information content (AvgIpc) is 2.47. The summed E-state index contributed by atoms with van der Waals surface area (Å²) in [6.45, 7) is 5.13. The number of allylic oxidation sites excluding steroid dienone is 2. The van der Waals surface area contributed by atoms with Gasteiger partial charge in [0, 0.05) is 12.2 Å². The van der Waals surface area contributed by atoms with E-state index in [2.05, 4.69) is 25.2 Å². The molecular weight excluding hydrogens is 287 g/mol. The van der Waals surface area contributed by atoms with Gasteiger partial charge < -0.3 is 5.32 Å². The maximum absolute atomic E-state index is 12.7. The van der Waals surface area contributed by atoms with Crippen molar-refractivity contribution in [2.75, 3.05) is 11.9 Å². The first-order chi connectivity index (χ1) is 10.4. The highest BCUT2D eigenvalue weighted by Gasteiger charge is 2.30. The Morgan fingerprint density at radius 1 is 1.32 bits per heavy atom. The van der Waals surface area contributed by atoms with Crippen molar-refractivity contribution in [2.45, 2.75) is 45.7 Å². The van der Waals surface area contributed by atoms with E-state index in [1.54, 1.807) is 6.07 Å². The van der Waals surface area contributed by atoms with E-state index in [0.717, 1.165) is 18.9 Å². The zero-order valence-corrected chi connectivity index (χ0v) is 13.2. The molecule has 0 fully saturated rings. The van der Waals surface area contributed by atoms with E-state index in [9.17, 15) is 13.2 Å². The molecule has 0 heterocycles. The van der Waals surface area contributed by atoms with Crippen LogP contribution in [0.25, 0.3) is 0 Å². The first kappa shape index (κ1) is 16.9. The SMILES string of the molecule is CC1=CC[C@H](C(C)CCNc2cccc(C(F)(F)F)c2)CC1. The fourth-order valence-corrected chi connectivity index (χ4v) is 2.99. The van der Waals surface area contributed by atoms with Gasteiger partial charge in [0.05, 0.1) is 5.56 Å². The molecule has 0 saturated carbocycles. The van der Waals surface area contributed by atoms with Crippen molar-refractivity contribution in [1.82, 2.24) is 0 Å². The van der Waals surface area contributed by atoms with Gasteiger partial charge in [-0.05, 0) is 62.6 Å². The molecule has 1 aromatic rings. The predicted octanol–water partition coefficient (Wildman–Crippen LogP) is 5.89. The highest BCUT2D eigenvalue weighted by atomic mass is 19.4.